The monoisotopic (exact) mass is 272 g/mol. The molecule has 0 spiro atoms. The Bertz CT molecular complexity index is 624. The van der Waals surface area contributed by atoms with E-state index in [1.165, 1.54) is 18.1 Å². The van der Waals surface area contributed by atoms with Crippen LogP contribution in [0.5, 0.6) is 11.5 Å². The van der Waals surface area contributed by atoms with Crippen LogP contribution in [-0.2, 0) is 0 Å². The topological polar surface area (TPSA) is 75.8 Å². The van der Waals surface area contributed by atoms with E-state index < -0.39 is 0 Å². The average molecular weight is 272 g/mol. The van der Waals surface area contributed by atoms with Gasteiger partial charge in [-0.3, -0.25) is 4.79 Å². The highest BCUT2D eigenvalue weighted by molar-refractivity contribution is 6.06. The van der Waals surface area contributed by atoms with Crippen LogP contribution >= 0.6 is 0 Å². The zero-order chi connectivity index (χ0) is 14.7. The third-order valence-corrected chi connectivity index (χ3v) is 3.01. The van der Waals surface area contributed by atoms with E-state index >= 15 is 0 Å². The number of carbonyl (C=O) groups is 1. The SMILES string of the molecule is COc1ccc(C(=O)N(C)c2ccc(N)cc2)cc1O. The van der Waals surface area contributed by atoms with E-state index in [-0.39, 0.29) is 11.7 Å². The van der Waals surface area contributed by atoms with Gasteiger partial charge < -0.3 is 20.5 Å². The van der Waals surface area contributed by atoms with Crippen LogP contribution in [0.4, 0.5) is 11.4 Å². The Morgan fingerprint density at radius 3 is 2.40 bits per heavy atom. The van der Waals surface area contributed by atoms with Crippen molar-refractivity contribution in [2.75, 3.05) is 24.8 Å². The Kier molecular flexibility index (Phi) is 3.79. The Balaban J connectivity index is 2.26. The first-order valence-electron chi connectivity index (χ1n) is 6.03. The molecule has 104 valence electrons. The first-order chi connectivity index (χ1) is 9.52. The summed E-state index contributed by atoms with van der Waals surface area (Å²) in [5.41, 5.74) is 7.35. The van der Waals surface area contributed by atoms with Crippen LogP contribution in [-0.4, -0.2) is 25.2 Å². The van der Waals surface area contributed by atoms with Gasteiger partial charge in [0.1, 0.15) is 0 Å². The van der Waals surface area contributed by atoms with Crippen molar-refractivity contribution in [1.29, 1.82) is 0 Å². The number of carbonyl (C=O) groups excluding carboxylic acids is 1. The number of nitrogen functional groups attached to an aromatic ring is 1. The molecule has 0 fully saturated rings. The number of rotatable bonds is 3. The van der Waals surface area contributed by atoms with Gasteiger partial charge in [-0.15, -0.1) is 0 Å². The molecule has 0 saturated carbocycles. The summed E-state index contributed by atoms with van der Waals surface area (Å²) in [4.78, 5) is 13.8. The molecule has 0 aliphatic rings. The van der Waals surface area contributed by atoms with Gasteiger partial charge in [-0.25, -0.2) is 0 Å². The fourth-order valence-electron chi connectivity index (χ4n) is 1.83. The molecule has 0 aliphatic carbocycles. The fourth-order valence-corrected chi connectivity index (χ4v) is 1.83. The highest BCUT2D eigenvalue weighted by Gasteiger charge is 2.15. The quantitative estimate of drug-likeness (QED) is 0.840. The van der Waals surface area contributed by atoms with Crippen molar-refractivity contribution in [3.05, 3.63) is 48.0 Å². The number of nitrogens with two attached hydrogens (primary N) is 1. The Hall–Kier alpha value is -2.69. The van der Waals surface area contributed by atoms with E-state index in [0.29, 0.717) is 17.0 Å². The number of anilines is 2. The molecular formula is C15H16N2O3. The lowest BCUT2D eigenvalue weighted by molar-refractivity contribution is 0.0992. The van der Waals surface area contributed by atoms with E-state index in [0.717, 1.165) is 5.69 Å². The van der Waals surface area contributed by atoms with Crippen LogP contribution < -0.4 is 15.4 Å². The predicted molar refractivity (Wildman–Crippen MR) is 78.2 cm³/mol. The smallest absolute Gasteiger partial charge is 0.258 e. The number of phenolic OH excluding ortho intramolecular Hbond substituents is 1. The van der Waals surface area contributed by atoms with Gasteiger partial charge in [0.05, 0.1) is 7.11 Å². The van der Waals surface area contributed by atoms with E-state index in [1.807, 2.05) is 0 Å². The zero-order valence-electron chi connectivity index (χ0n) is 11.3. The highest BCUT2D eigenvalue weighted by Crippen LogP contribution is 2.27. The lowest BCUT2D eigenvalue weighted by Gasteiger charge is -2.18. The molecule has 0 bridgehead atoms. The van der Waals surface area contributed by atoms with Crippen molar-refractivity contribution in [3.63, 3.8) is 0 Å². The van der Waals surface area contributed by atoms with Gasteiger partial charge in [-0.2, -0.15) is 0 Å². The van der Waals surface area contributed by atoms with Gasteiger partial charge >= 0.3 is 0 Å². The van der Waals surface area contributed by atoms with Gasteiger partial charge in [0.2, 0.25) is 0 Å². The average Bonchev–Trinajstić information content (AvgIpc) is 2.46. The van der Waals surface area contributed by atoms with Gasteiger partial charge in [0.25, 0.3) is 5.91 Å². The Morgan fingerprint density at radius 2 is 1.85 bits per heavy atom. The molecule has 2 rings (SSSR count). The molecule has 0 radical (unpaired) electrons. The van der Waals surface area contributed by atoms with Crippen LogP contribution in [0.15, 0.2) is 42.5 Å². The Morgan fingerprint density at radius 1 is 1.20 bits per heavy atom. The van der Waals surface area contributed by atoms with Crippen molar-refractivity contribution in [2.24, 2.45) is 0 Å². The number of amides is 1. The van der Waals surface area contributed by atoms with E-state index in [1.54, 1.807) is 43.4 Å². The third-order valence-electron chi connectivity index (χ3n) is 3.01. The molecule has 5 heteroatoms. The molecular weight excluding hydrogens is 256 g/mol. The second-order valence-corrected chi connectivity index (χ2v) is 4.34. The number of ether oxygens (including phenoxy) is 1. The lowest BCUT2D eigenvalue weighted by Crippen LogP contribution is -2.26. The minimum Gasteiger partial charge on any atom is -0.504 e. The maximum absolute atomic E-state index is 12.3. The van der Waals surface area contributed by atoms with Crippen molar-refractivity contribution in [2.45, 2.75) is 0 Å². The number of benzene rings is 2. The minimum atomic E-state index is -0.229. The van der Waals surface area contributed by atoms with Gasteiger partial charge in [-0.1, -0.05) is 0 Å². The minimum absolute atomic E-state index is 0.0657. The molecule has 3 N–H and O–H groups in total. The molecule has 0 aliphatic heterocycles. The van der Waals surface area contributed by atoms with E-state index in [4.69, 9.17) is 10.5 Å². The van der Waals surface area contributed by atoms with Gasteiger partial charge in [-0.05, 0) is 42.5 Å². The van der Waals surface area contributed by atoms with Crippen molar-refractivity contribution in [1.82, 2.24) is 0 Å². The van der Waals surface area contributed by atoms with Crippen molar-refractivity contribution < 1.29 is 14.6 Å². The zero-order valence-corrected chi connectivity index (χ0v) is 11.3. The van der Waals surface area contributed by atoms with Crippen molar-refractivity contribution in [3.8, 4) is 11.5 Å². The summed E-state index contributed by atoms with van der Waals surface area (Å²) in [7, 11) is 3.12. The molecule has 1 amide bonds. The number of nitrogens with zero attached hydrogens (tertiary/aromatic N) is 1. The summed E-state index contributed by atoms with van der Waals surface area (Å²) in [5, 5.41) is 9.72. The number of aromatic hydroxyl groups is 1. The van der Waals surface area contributed by atoms with Crippen LogP contribution in [0, 0.1) is 0 Å². The number of methoxy groups -OCH3 is 1. The maximum Gasteiger partial charge on any atom is 0.258 e. The summed E-state index contributed by atoms with van der Waals surface area (Å²) >= 11 is 0. The predicted octanol–water partition coefficient (Wildman–Crippen LogP) is 2.26. The summed E-state index contributed by atoms with van der Waals surface area (Å²) in [6, 6.07) is 11.5. The highest BCUT2D eigenvalue weighted by atomic mass is 16.5. The summed E-state index contributed by atoms with van der Waals surface area (Å²) in [6.45, 7) is 0. The molecule has 0 atom stereocenters. The van der Waals surface area contributed by atoms with E-state index in [2.05, 4.69) is 0 Å². The third kappa shape index (κ3) is 2.66. The molecule has 2 aromatic carbocycles. The number of phenols is 1. The van der Waals surface area contributed by atoms with Gasteiger partial charge in [0.15, 0.2) is 11.5 Å². The fraction of sp³-hybridized carbons (Fsp3) is 0.133. The summed E-state index contributed by atoms with van der Waals surface area (Å²) in [5.74, 6) is 0.0356. The molecule has 2 aromatic rings. The normalized spacial score (nSPS) is 10.1. The first kappa shape index (κ1) is 13.7. The lowest BCUT2D eigenvalue weighted by atomic mass is 10.1. The Labute approximate surface area is 117 Å². The second kappa shape index (κ2) is 5.52. The largest absolute Gasteiger partial charge is 0.504 e. The summed E-state index contributed by atoms with van der Waals surface area (Å²) in [6.07, 6.45) is 0. The van der Waals surface area contributed by atoms with E-state index in [9.17, 15) is 9.90 Å². The molecule has 0 unspecified atom stereocenters. The van der Waals surface area contributed by atoms with Gasteiger partial charge in [0, 0.05) is 24.0 Å². The molecule has 5 nitrogen and oxygen atoms in total. The summed E-state index contributed by atoms with van der Waals surface area (Å²) < 4.78 is 4.95. The van der Waals surface area contributed by atoms with Crippen molar-refractivity contribution >= 4 is 17.3 Å². The van der Waals surface area contributed by atoms with Crippen LogP contribution in [0.3, 0.4) is 0 Å². The number of hydrogen-bond donors (Lipinski definition) is 2. The van der Waals surface area contributed by atoms with Crippen LogP contribution in [0.2, 0.25) is 0 Å². The van der Waals surface area contributed by atoms with Crippen LogP contribution in [0.25, 0.3) is 0 Å². The standard InChI is InChI=1S/C15H16N2O3/c1-17(12-6-4-11(16)5-7-12)15(19)10-3-8-14(20-2)13(18)9-10/h3-9,18H,16H2,1-2H3. The second-order valence-electron chi connectivity index (χ2n) is 4.34. The molecule has 0 saturated heterocycles. The molecule has 0 aromatic heterocycles. The van der Waals surface area contributed by atoms with Crippen LogP contribution in [0.1, 0.15) is 10.4 Å². The molecule has 20 heavy (non-hydrogen) atoms. The maximum atomic E-state index is 12.3. The molecule has 0 heterocycles. The number of hydrogen-bond acceptors (Lipinski definition) is 4. The first-order valence-corrected chi connectivity index (χ1v) is 6.03.